The van der Waals surface area contributed by atoms with Crippen molar-refractivity contribution in [2.75, 3.05) is 5.32 Å². The van der Waals surface area contributed by atoms with Crippen molar-refractivity contribution in [3.63, 3.8) is 0 Å². The van der Waals surface area contributed by atoms with Crippen molar-refractivity contribution >= 4 is 44.7 Å². The lowest BCUT2D eigenvalue weighted by atomic mass is 10.0. The van der Waals surface area contributed by atoms with Crippen molar-refractivity contribution < 1.29 is 9.18 Å². The molecule has 0 aliphatic rings. The van der Waals surface area contributed by atoms with E-state index < -0.39 is 5.92 Å². The van der Waals surface area contributed by atoms with E-state index in [2.05, 4.69) is 21.2 Å². The van der Waals surface area contributed by atoms with E-state index in [0.717, 1.165) is 6.42 Å². The van der Waals surface area contributed by atoms with Crippen LogP contribution < -0.4 is 11.1 Å². The summed E-state index contributed by atoms with van der Waals surface area (Å²) in [7, 11) is 0. The Kier molecular flexibility index (Phi) is 5.87. The van der Waals surface area contributed by atoms with Gasteiger partial charge < -0.3 is 11.1 Å². The number of thiocarbonyl (C=S) groups is 1. The van der Waals surface area contributed by atoms with E-state index in [-0.39, 0.29) is 16.7 Å². The first-order valence-corrected chi connectivity index (χ1v) is 7.12. The number of nitrogens with two attached hydrogens (primary N) is 1. The zero-order valence-corrected chi connectivity index (χ0v) is 13.2. The summed E-state index contributed by atoms with van der Waals surface area (Å²) in [6, 6.07) is 2.89. The van der Waals surface area contributed by atoms with Crippen LogP contribution in [0.15, 0.2) is 16.6 Å². The molecular formula is C13H16BrFN2OS. The first-order chi connectivity index (χ1) is 8.86. The molecule has 0 radical (unpaired) electrons. The molecule has 0 heterocycles. The van der Waals surface area contributed by atoms with Gasteiger partial charge in [-0.25, -0.2) is 4.39 Å². The first kappa shape index (κ1) is 16.0. The molecule has 0 aliphatic carbocycles. The second-order valence-corrected chi connectivity index (χ2v) is 5.64. The lowest BCUT2D eigenvalue weighted by Gasteiger charge is -2.16. The van der Waals surface area contributed by atoms with Crippen LogP contribution >= 0.6 is 28.1 Å². The van der Waals surface area contributed by atoms with Crippen LogP contribution in [0.4, 0.5) is 10.1 Å². The lowest BCUT2D eigenvalue weighted by molar-refractivity contribution is -0.118. The normalized spacial score (nSPS) is 12.0. The molecule has 0 bridgehead atoms. The molecule has 1 aromatic rings. The third-order valence-electron chi connectivity index (χ3n) is 2.76. The maximum atomic E-state index is 13.3. The van der Waals surface area contributed by atoms with Gasteiger partial charge in [0.2, 0.25) is 5.91 Å². The Morgan fingerprint density at radius 3 is 2.74 bits per heavy atom. The van der Waals surface area contributed by atoms with Crippen molar-refractivity contribution in [2.24, 2.45) is 11.7 Å². The molecule has 1 atom stereocenters. The standard InChI is InChI=1S/C13H16BrFN2OS/c1-3-4-8(12(16)19)13(18)17-11-6-9(14)10(15)5-7(11)2/h5-6,8H,3-4H2,1-2H3,(H2,16,19)(H,17,18). The van der Waals surface area contributed by atoms with E-state index in [9.17, 15) is 9.18 Å². The third kappa shape index (κ3) is 4.24. The predicted octanol–water partition coefficient (Wildman–Crippen LogP) is 3.54. The summed E-state index contributed by atoms with van der Waals surface area (Å²) >= 11 is 7.99. The molecule has 3 N–H and O–H groups in total. The zero-order chi connectivity index (χ0) is 14.6. The molecule has 0 aromatic heterocycles. The van der Waals surface area contributed by atoms with Crippen LogP contribution in [0, 0.1) is 18.7 Å². The molecule has 0 aliphatic heterocycles. The minimum atomic E-state index is -0.497. The summed E-state index contributed by atoms with van der Waals surface area (Å²) in [6.45, 7) is 3.68. The Labute approximate surface area is 125 Å². The van der Waals surface area contributed by atoms with E-state index in [1.54, 1.807) is 6.92 Å². The summed E-state index contributed by atoms with van der Waals surface area (Å²) in [5.74, 6) is -1.12. The topological polar surface area (TPSA) is 55.1 Å². The first-order valence-electron chi connectivity index (χ1n) is 5.92. The number of halogens is 2. The van der Waals surface area contributed by atoms with Gasteiger partial charge in [0.05, 0.1) is 15.4 Å². The Balaban J connectivity index is 2.92. The van der Waals surface area contributed by atoms with E-state index in [1.165, 1.54) is 12.1 Å². The summed E-state index contributed by atoms with van der Waals surface area (Å²) in [5.41, 5.74) is 6.77. The minimum Gasteiger partial charge on any atom is -0.393 e. The molecule has 0 spiro atoms. The molecule has 1 aromatic carbocycles. The second-order valence-electron chi connectivity index (χ2n) is 4.31. The van der Waals surface area contributed by atoms with Gasteiger partial charge in [-0.2, -0.15) is 0 Å². The van der Waals surface area contributed by atoms with Gasteiger partial charge in [0.15, 0.2) is 0 Å². The molecule has 1 unspecified atom stereocenters. The Morgan fingerprint density at radius 2 is 2.21 bits per heavy atom. The second kappa shape index (κ2) is 6.96. The van der Waals surface area contributed by atoms with Crippen LogP contribution in [0.2, 0.25) is 0 Å². The summed E-state index contributed by atoms with van der Waals surface area (Å²) in [4.78, 5) is 12.3. The van der Waals surface area contributed by atoms with Gasteiger partial charge in [-0.1, -0.05) is 25.6 Å². The molecule has 0 saturated carbocycles. The van der Waals surface area contributed by atoms with E-state index in [0.29, 0.717) is 22.1 Å². The highest BCUT2D eigenvalue weighted by Crippen LogP contribution is 2.25. The molecule has 0 saturated heterocycles. The van der Waals surface area contributed by atoms with Crippen LogP contribution in [0.1, 0.15) is 25.3 Å². The quantitative estimate of drug-likeness (QED) is 0.801. The highest BCUT2D eigenvalue weighted by Gasteiger charge is 2.21. The largest absolute Gasteiger partial charge is 0.393 e. The maximum absolute atomic E-state index is 13.3. The van der Waals surface area contributed by atoms with E-state index in [1.807, 2.05) is 6.92 Å². The van der Waals surface area contributed by atoms with Crippen molar-refractivity contribution in [3.8, 4) is 0 Å². The van der Waals surface area contributed by atoms with Gasteiger partial charge >= 0.3 is 0 Å². The van der Waals surface area contributed by atoms with Gasteiger partial charge in [-0.05, 0) is 47.0 Å². The van der Waals surface area contributed by atoms with Crippen molar-refractivity contribution in [2.45, 2.75) is 26.7 Å². The smallest absolute Gasteiger partial charge is 0.234 e. The number of nitrogens with one attached hydrogen (secondary N) is 1. The monoisotopic (exact) mass is 346 g/mol. The number of hydrogen-bond acceptors (Lipinski definition) is 2. The summed E-state index contributed by atoms with van der Waals surface area (Å²) in [6.07, 6.45) is 1.41. The molecular weight excluding hydrogens is 331 g/mol. The van der Waals surface area contributed by atoms with Gasteiger partial charge in [-0.15, -0.1) is 0 Å². The lowest BCUT2D eigenvalue weighted by Crippen LogP contribution is -2.33. The Hall–Kier alpha value is -1.01. The van der Waals surface area contributed by atoms with Crippen LogP contribution in [-0.4, -0.2) is 10.9 Å². The minimum absolute atomic E-state index is 0.179. The number of hydrogen-bond donors (Lipinski definition) is 2. The average Bonchev–Trinajstić information content (AvgIpc) is 2.32. The number of amides is 1. The van der Waals surface area contributed by atoms with E-state index >= 15 is 0 Å². The SMILES string of the molecule is CCCC(C(=O)Nc1cc(Br)c(F)cc1C)C(N)=S. The van der Waals surface area contributed by atoms with Crippen molar-refractivity contribution in [3.05, 3.63) is 28.0 Å². The zero-order valence-electron chi connectivity index (χ0n) is 10.8. The molecule has 1 amide bonds. The predicted molar refractivity (Wildman–Crippen MR) is 82.7 cm³/mol. The van der Waals surface area contributed by atoms with Crippen LogP contribution in [0.3, 0.4) is 0 Å². The highest BCUT2D eigenvalue weighted by molar-refractivity contribution is 9.10. The Bertz CT molecular complexity index is 508. The molecule has 104 valence electrons. The van der Waals surface area contributed by atoms with Crippen LogP contribution in [-0.2, 0) is 4.79 Å². The number of rotatable bonds is 5. The summed E-state index contributed by atoms with van der Waals surface area (Å²) in [5, 5.41) is 2.74. The van der Waals surface area contributed by atoms with Crippen molar-refractivity contribution in [1.82, 2.24) is 0 Å². The number of carbonyl (C=O) groups excluding carboxylic acids is 1. The van der Waals surface area contributed by atoms with Gasteiger partial charge in [0.25, 0.3) is 0 Å². The van der Waals surface area contributed by atoms with Gasteiger partial charge in [0, 0.05) is 5.69 Å². The molecule has 1 rings (SSSR count). The van der Waals surface area contributed by atoms with Crippen LogP contribution in [0.25, 0.3) is 0 Å². The van der Waals surface area contributed by atoms with Gasteiger partial charge in [-0.3, -0.25) is 4.79 Å². The molecule has 6 heteroatoms. The number of anilines is 1. The van der Waals surface area contributed by atoms with E-state index in [4.69, 9.17) is 18.0 Å². The summed E-state index contributed by atoms with van der Waals surface area (Å²) < 4.78 is 13.6. The Morgan fingerprint density at radius 1 is 1.58 bits per heavy atom. The fourth-order valence-corrected chi connectivity index (χ4v) is 2.26. The van der Waals surface area contributed by atoms with Crippen molar-refractivity contribution in [1.29, 1.82) is 0 Å². The van der Waals surface area contributed by atoms with Gasteiger partial charge in [0.1, 0.15) is 5.82 Å². The molecule has 0 fully saturated rings. The number of benzene rings is 1. The maximum Gasteiger partial charge on any atom is 0.234 e. The third-order valence-corrected chi connectivity index (χ3v) is 3.65. The molecule has 19 heavy (non-hydrogen) atoms. The fraction of sp³-hybridized carbons (Fsp3) is 0.385. The number of aryl methyl sites for hydroxylation is 1. The molecule has 3 nitrogen and oxygen atoms in total. The average molecular weight is 347 g/mol. The fourth-order valence-electron chi connectivity index (χ4n) is 1.69. The highest BCUT2D eigenvalue weighted by atomic mass is 79.9. The number of carbonyl (C=O) groups is 1. The van der Waals surface area contributed by atoms with Crippen LogP contribution in [0.5, 0.6) is 0 Å².